The first-order chi connectivity index (χ1) is 15.0. The molecule has 0 radical (unpaired) electrons. The SMILES string of the molecule is CCCC(=O)Nc1ccc(Cl)c(NC(=O)c2ccc(OCCc3ccccc3)cc2)c1. The highest BCUT2D eigenvalue weighted by molar-refractivity contribution is 6.34. The normalized spacial score (nSPS) is 10.4. The molecule has 0 aliphatic carbocycles. The van der Waals surface area contributed by atoms with E-state index in [2.05, 4.69) is 22.8 Å². The van der Waals surface area contributed by atoms with Crippen LogP contribution in [-0.4, -0.2) is 18.4 Å². The van der Waals surface area contributed by atoms with Crippen LogP contribution in [0.5, 0.6) is 5.75 Å². The molecule has 3 aromatic rings. The molecule has 3 aromatic carbocycles. The standard InChI is InChI=1S/C25H25ClN2O3/c1-2-6-24(29)27-20-11-14-22(26)23(17-20)28-25(30)19-9-12-21(13-10-19)31-16-15-18-7-4-3-5-8-18/h3-5,7-14,17H,2,6,15-16H2,1H3,(H,27,29)(H,28,30). The first kappa shape index (κ1) is 22.4. The maximum Gasteiger partial charge on any atom is 0.255 e. The molecule has 6 heteroatoms. The van der Waals surface area contributed by atoms with E-state index in [1.807, 2.05) is 25.1 Å². The molecule has 5 nitrogen and oxygen atoms in total. The molecule has 31 heavy (non-hydrogen) atoms. The number of carbonyl (C=O) groups excluding carboxylic acids is 2. The predicted octanol–water partition coefficient (Wildman–Crippen LogP) is 5.95. The van der Waals surface area contributed by atoms with Crippen LogP contribution < -0.4 is 15.4 Å². The molecule has 3 rings (SSSR count). The summed E-state index contributed by atoms with van der Waals surface area (Å²) in [5.41, 5.74) is 2.71. The third-order valence-corrected chi connectivity index (χ3v) is 4.92. The molecule has 0 aliphatic rings. The van der Waals surface area contributed by atoms with E-state index in [1.54, 1.807) is 42.5 Å². The molecule has 0 unspecified atom stereocenters. The molecule has 0 fully saturated rings. The number of rotatable bonds is 9. The summed E-state index contributed by atoms with van der Waals surface area (Å²) in [6.07, 6.45) is 2.01. The van der Waals surface area contributed by atoms with Crippen molar-refractivity contribution in [3.05, 3.63) is 88.9 Å². The summed E-state index contributed by atoms with van der Waals surface area (Å²) in [5.74, 6) is 0.325. The van der Waals surface area contributed by atoms with E-state index in [9.17, 15) is 9.59 Å². The Labute approximate surface area is 187 Å². The van der Waals surface area contributed by atoms with Gasteiger partial charge in [-0.3, -0.25) is 9.59 Å². The van der Waals surface area contributed by atoms with E-state index < -0.39 is 0 Å². The van der Waals surface area contributed by atoms with Gasteiger partial charge in [-0.05, 0) is 54.4 Å². The van der Waals surface area contributed by atoms with Crippen molar-refractivity contribution in [1.29, 1.82) is 0 Å². The Bertz CT molecular complexity index is 1020. The van der Waals surface area contributed by atoms with Crippen LogP contribution in [0, 0.1) is 0 Å². The van der Waals surface area contributed by atoms with E-state index in [-0.39, 0.29) is 11.8 Å². The zero-order chi connectivity index (χ0) is 22.1. The minimum atomic E-state index is -0.297. The number of nitrogens with one attached hydrogen (secondary N) is 2. The molecule has 0 spiro atoms. The average molecular weight is 437 g/mol. The molecule has 0 bridgehead atoms. The zero-order valence-electron chi connectivity index (χ0n) is 17.4. The lowest BCUT2D eigenvalue weighted by atomic mass is 10.1. The summed E-state index contributed by atoms with van der Waals surface area (Å²) in [5, 5.41) is 5.98. The molecule has 0 heterocycles. The second-order valence-electron chi connectivity index (χ2n) is 7.06. The molecule has 2 N–H and O–H groups in total. The summed E-state index contributed by atoms with van der Waals surface area (Å²) in [6.45, 7) is 2.49. The van der Waals surface area contributed by atoms with Gasteiger partial charge in [0.05, 0.1) is 17.3 Å². The van der Waals surface area contributed by atoms with Gasteiger partial charge in [0.25, 0.3) is 5.91 Å². The van der Waals surface area contributed by atoms with Crippen molar-refractivity contribution in [2.24, 2.45) is 0 Å². The number of ether oxygens (including phenoxy) is 1. The Morgan fingerprint density at radius 2 is 1.68 bits per heavy atom. The Balaban J connectivity index is 1.57. The highest BCUT2D eigenvalue weighted by atomic mass is 35.5. The summed E-state index contributed by atoms with van der Waals surface area (Å²) >= 11 is 6.21. The van der Waals surface area contributed by atoms with Crippen LogP contribution in [0.15, 0.2) is 72.8 Å². The number of benzene rings is 3. The molecule has 0 atom stereocenters. The minimum absolute atomic E-state index is 0.0787. The highest BCUT2D eigenvalue weighted by Crippen LogP contribution is 2.26. The second-order valence-corrected chi connectivity index (χ2v) is 7.46. The van der Waals surface area contributed by atoms with Gasteiger partial charge in [-0.2, -0.15) is 0 Å². The maximum absolute atomic E-state index is 12.6. The number of carbonyl (C=O) groups is 2. The highest BCUT2D eigenvalue weighted by Gasteiger charge is 2.11. The lowest BCUT2D eigenvalue weighted by Crippen LogP contribution is -2.14. The van der Waals surface area contributed by atoms with E-state index >= 15 is 0 Å². The van der Waals surface area contributed by atoms with Crippen molar-refractivity contribution in [1.82, 2.24) is 0 Å². The molecular weight excluding hydrogens is 412 g/mol. The van der Waals surface area contributed by atoms with Crippen LogP contribution >= 0.6 is 11.6 Å². The number of hydrogen-bond acceptors (Lipinski definition) is 3. The number of hydrogen-bond donors (Lipinski definition) is 2. The topological polar surface area (TPSA) is 67.4 Å². The van der Waals surface area contributed by atoms with Gasteiger partial charge in [-0.15, -0.1) is 0 Å². The summed E-state index contributed by atoms with van der Waals surface area (Å²) < 4.78 is 5.76. The Hall–Kier alpha value is -3.31. The van der Waals surface area contributed by atoms with Gasteiger partial charge in [0.2, 0.25) is 5.91 Å². The largest absolute Gasteiger partial charge is 0.493 e. The fourth-order valence-corrected chi connectivity index (χ4v) is 3.14. The predicted molar refractivity (Wildman–Crippen MR) is 125 cm³/mol. The van der Waals surface area contributed by atoms with Crippen molar-refractivity contribution >= 4 is 34.8 Å². The maximum atomic E-state index is 12.6. The molecule has 160 valence electrons. The van der Waals surface area contributed by atoms with Crippen LogP contribution in [0.1, 0.15) is 35.7 Å². The number of anilines is 2. The fraction of sp³-hybridized carbons (Fsp3) is 0.200. The Morgan fingerprint density at radius 1 is 0.935 bits per heavy atom. The summed E-state index contributed by atoms with van der Waals surface area (Å²) in [4.78, 5) is 24.4. The molecule has 2 amide bonds. The third kappa shape index (κ3) is 6.86. The van der Waals surface area contributed by atoms with Gasteiger partial charge in [0.1, 0.15) is 5.75 Å². The number of halogens is 1. The van der Waals surface area contributed by atoms with Crippen molar-refractivity contribution in [2.45, 2.75) is 26.2 Å². The van der Waals surface area contributed by atoms with Crippen LogP contribution in [0.2, 0.25) is 5.02 Å². The molecule has 0 aliphatic heterocycles. The lowest BCUT2D eigenvalue weighted by molar-refractivity contribution is -0.116. The van der Waals surface area contributed by atoms with Gasteiger partial charge >= 0.3 is 0 Å². The molecular formula is C25H25ClN2O3. The zero-order valence-corrected chi connectivity index (χ0v) is 18.1. The van der Waals surface area contributed by atoms with E-state index in [4.69, 9.17) is 16.3 Å². The van der Waals surface area contributed by atoms with Crippen molar-refractivity contribution in [3.8, 4) is 5.75 Å². The second kappa shape index (κ2) is 11.2. The first-order valence-electron chi connectivity index (χ1n) is 10.2. The molecule has 0 saturated carbocycles. The van der Waals surface area contributed by atoms with Crippen LogP contribution in [0.25, 0.3) is 0 Å². The van der Waals surface area contributed by atoms with Crippen molar-refractivity contribution in [3.63, 3.8) is 0 Å². The summed E-state index contributed by atoms with van der Waals surface area (Å²) in [7, 11) is 0. The quantitative estimate of drug-likeness (QED) is 0.435. The fourth-order valence-electron chi connectivity index (χ4n) is 2.98. The Morgan fingerprint density at radius 3 is 2.39 bits per heavy atom. The smallest absolute Gasteiger partial charge is 0.255 e. The minimum Gasteiger partial charge on any atom is -0.493 e. The monoisotopic (exact) mass is 436 g/mol. The van der Waals surface area contributed by atoms with Gasteiger partial charge < -0.3 is 15.4 Å². The Kier molecular flexibility index (Phi) is 8.07. The van der Waals surface area contributed by atoms with Crippen LogP contribution in [0.4, 0.5) is 11.4 Å². The molecule has 0 aromatic heterocycles. The van der Waals surface area contributed by atoms with E-state index in [0.717, 1.165) is 12.8 Å². The van der Waals surface area contributed by atoms with E-state index in [1.165, 1.54) is 5.56 Å². The first-order valence-corrected chi connectivity index (χ1v) is 10.6. The van der Waals surface area contributed by atoms with E-state index in [0.29, 0.717) is 40.7 Å². The third-order valence-electron chi connectivity index (χ3n) is 4.59. The van der Waals surface area contributed by atoms with Crippen LogP contribution in [0.3, 0.4) is 0 Å². The average Bonchev–Trinajstić information content (AvgIpc) is 2.77. The summed E-state index contributed by atoms with van der Waals surface area (Å²) in [6, 6.07) is 22.0. The van der Waals surface area contributed by atoms with Crippen molar-refractivity contribution < 1.29 is 14.3 Å². The van der Waals surface area contributed by atoms with Gasteiger partial charge in [-0.1, -0.05) is 48.9 Å². The molecule has 0 saturated heterocycles. The number of amides is 2. The van der Waals surface area contributed by atoms with Gasteiger partial charge in [0.15, 0.2) is 0 Å². The van der Waals surface area contributed by atoms with Crippen LogP contribution in [-0.2, 0) is 11.2 Å². The van der Waals surface area contributed by atoms with Crippen molar-refractivity contribution in [2.75, 3.05) is 17.2 Å². The van der Waals surface area contributed by atoms with Gasteiger partial charge in [0, 0.05) is 24.1 Å². The van der Waals surface area contributed by atoms with Gasteiger partial charge in [-0.25, -0.2) is 0 Å². The lowest BCUT2D eigenvalue weighted by Gasteiger charge is -2.11.